The summed E-state index contributed by atoms with van der Waals surface area (Å²) in [5.74, 6) is -3.15. The summed E-state index contributed by atoms with van der Waals surface area (Å²) in [4.78, 5) is 49.2. The number of benzene rings is 1. The molecule has 3 atom stereocenters. The lowest BCUT2D eigenvalue weighted by Gasteiger charge is -2.49. The zero-order valence-electron chi connectivity index (χ0n) is 18.0. The van der Waals surface area contributed by atoms with Crippen molar-refractivity contribution in [1.29, 1.82) is 0 Å². The molecular weight excluding hydrogens is 500 g/mol. The minimum atomic E-state index is -1.46. The van der Waals surface area contributed by atoms with E-state index in [0.29, 0.717) is 16.3 Å². The maximum absolute atomic E-state index is 12.8. The highest BCUT2D eigenvalue weighted by Crippen LogP contribution is 2.41. The van der Waals surface area contributed by atoms with E-state index in [1.165, 1.54) is 16.4 Å². The van der Waals surface area contributed by atoms with Crippen LogP contribution in [0.15, 0.2) is 46.8 Å². The van der Waals surface area contributed by atoms with Crippen molar-refractivity contribution >= 4 is 47.3 Å². The number of rotatable bonds is 10. The summed E-state index contributed by atoms with van der Waals surface area (Å²) >= 11 is 2.43. The van der Waals surface area contributed by atoms with Gasteiger partial charge in [-0.15, -0.1) is 16.9 Å². The zero-order valence-corrected chi connectivity index (χ0v) is 19.6. The number of carbonyl (C=O) groups excluding carboxylic acids is 2. The molecule has 1 aromatic carbocycles. The number of aliphatic hydroxyl groups is 1. The van der Waals surface area contributed by atoms with Gasteiger partial charge in [-0.25, -0.2) is 9.48 Å². The molecule has 4 N–H and O–H groups in total. The number of carboxylic acid groups (broad SMARTS) is 2. The average Bonchev–Trinajstić information content (AvgIpc) is 3.31. The lowest BCUT2D eigenvalue weighted by atomic mass is 10.0. The molecule has 0 radical (unpaired) electrons. The van der Waals surface area contributed by atoms with Gasteiger partial charge in [-0.3, -0.25) is 19.3 Å². The first kappa shape index (κ1) is 24.7. The first-order valence-electron chi connectivity index (χ1n) is 10.3. The van der Waals surface area contributed by atoms with E-state index in [1.54, 1.807) is 30.3 Å². The zero-order chi connectivity index (χ0) is 25.1. The molecule has 0 aliphatic carbocycles. The topological polar surface area (TPSA) is 188 Å². The average molecular weight is 521 g/mol. The van der Waals surface area contributed by atoms with Crippen LogP contribution in [0.5, 0.6) is 0 Å². The molecule has 4 rings (SSSR count). The number of nitrogens with one attached hydrogen (secondary N) is 1. The lowest BCUT2D eigenvalue weighted by Crippen LogP contribution is -2.70. The second-order valence-electron chi connectivity index (χ2n) is 7.58. The Hall–Kier alpha value is -3.43. The Morgan fingerprint density at radius 3 is 2.66 bits per heavy atom. The maximum atomic E-state index is 12.8. The number of aromatic nitrogens is 4. The van der Waals surface area contributed by atoms with Gasteiger partial charge in [0.15, 0.2) is 6.10 Å². The van der Waals surface area contributed by atoms with Crippen molar-refractivity contribution in [2.75, 3.05) is 11.5 Å². The first-order chi connectivity index (χ1) is 16.8. The van der Waals surface area contributed by atoms with Gasteiger partial charge in [-0.2, -0.15) is 0 Å². The first-order valence-corrected chi connectivity index (χ1v) is 12.4. The van der Waals surface area contributed by atoms with Gasteiger partial charge in [0, 0.05) is 11.5 Å². The number of fused-ring (bicyclic) bond motifs is 1. The normalized spacial score (nSPS) is 20.1. The fourth-order valence-electron chi connectivity index (χ4n) is 3.61. The third kappa shape index (κ3) is 5.16. The van der Waals surface area contributed by atoms with Crippen LogP contribution in [0.4, 0.5) is 0 Å². The van der Waals surface area contributed by atoms with Crippen molar-refractivity contribution < 1.29 is 34.5 Å². The molecule has 35 heavy (non-hydrogen) atoms. The molecule has 3 heterocycles. The van der Waals surface area contributed by atoms with Crippen LogP contribution < -0.4 is 5.32 Å². The van der Waals surface area contributed by atoms with Crippen LogP contribution in [0.3, 0.4) is 0 Å². The number of aliphatic carboxylic acids is 2. The second-order valence-corrected chi connectivity index (χ2v) is 9.63. The summed E-state index contributed by atoms with van der Waals surface area (Å²) < 4.78 is 1.32. The largest absolute Gasteiger partial charge is 0.481 e. The summed E-state index contributed by atoms with van der Waals surface area (Å²) in [6.45, 7) is 0.0626. The highest BCUT2D eigenvalue weighted by molar-refractivity contribution is 8.01. The van der Waals surface area contributed by atoms with Gasteiger partial charge in [0.05, 0.1) is 13.0 Å². The lowest BCUT2D eigenvalue weighted by molar-refractivity contribution is -0.151. The van der Waals surface area contributed by atoms with Gasteiger partial charge in [0.1, 0.15) is 17.1 Å². The number of nitrogens with zero attached hydrogens (tertiary/aromatic N) is 5. The fourth-order valence-corrected chi connectivity index (χ4v) is 6.00. The fraction of sp³-hybridized carbons (Fsp3) is 0.350. The number of aryl methyl sites for hydroxylation is 1. The van der Waals surface area contributed by atoms with E-state index in [2.05, 4.69) is 20.8 Å². The summed E-state index contributed by atoms with van der Waals surface area (Å²) in [6, 6.07) is 7.30. The van der Waals surface area contributed by atoms with Crippen molar-refractivity contribution in [2.24, 2.45) is 0 Å². The summed E-state index contributed by atoms with van der Waals surface area (Å²) in [5, 5.41) is 42.3. The monoisotopic (exact) mass is 520 g/mol. The molecule has 0 saturated carbocycles. The van der Waals surface area contributed by atoms with E-state index >= 15 is 0 Å². The van der Waals surface area contributed by atoms with Gasteiger partial charge in [-0.05, 0) is 21.6 Å². The molecule has 1 fully saturated rings. The van der Waals surface area contributed by atoms with Crippen LogP contribution in [-0.4, -0.2) is 87.1 Å². The standard InChI is InChI=1S/C20H20N6O7S2/c27-12(28)6-7-25-20(22-23-24-25)35-9-11-8-34-18-13(17(31)26(18)14(11)19(32)33)21-16(30)15(29)10-4-2-1-3-5-10/h1-5,13,15,18,29H,6-9H2,(H,21,30)(H,27,28)(H,32,33)/t13?,15-,18-/m1/s1. The van der Waals surface area contributed by atoms with E-state index in [4.69, 9.17) is 5.11 Å². The number of hydrogen-bond acceptors (Lipinski definition) is 10. The predicted octanol–water partition coefficient (Wildman–Crippen LogP) is -0.288. The molecule has 1 unspecified atom stereocenters. The number of hydrogen-bond donors (Lipinski definition) is 4. The summed E-state index contributed by atoms with van der Waals surface area (Å²) in [6.07, 6.45) is -1.63. The smallest absolute Gasteiger partial charge is 0.352 e. The van der Waals surface area contributed by atoms with Gasteiger partial charge in [0.2, 0.25) is 5.16 Å². The molecule has 2 aliphatic rings. The molecule has 13 nitrogen and oxygen atoms in total. The highest BCUT2D eigenvalue weighted by atomic mass is 32.2. The minimum absolute atomic E-state index is 0.0626. The van der Waals surface area contributed by atoms with E-state index in [0.717, 1.165) is 16.7 Å². The molecule has 2 amide bonds. The van der Waals surface area contributed by atoms with E-state index in [-0.39, 0.29) is 30.2 Å². The number of aliphatic hydroxyl groups excluding tert-OH is 1. The van der Waals surface area contributed by atoms with Gasteiger partial charge in [0.25, 0.3) is 11.8 Å². The van der Waals surface area contributed by atoms with E-state index < -0.39 is 41.3 Å². The Morgan fingerprint density at radius 2 is 1.97 bits per heavy atom. The molecule has 1 aromatic heterocycles. The minimum Gasteiger partial charge on any atom is -0.481 e. The van der Waals surface area contributed by atoms with Crippen molar-refractivity contribution in [3.8, 4) is 0 Å². The second kappa shape index (κ2) is 10.5. The number of carbonyl (C=O) groups is 4. The third-order valence-corrected chi connectivity index (χ3v) is 7.71. The van der Waals surface area contributed by atoms with E-state index in [1.807, 2.05) is 0 Å². The van der Waals surface area contributed by atoms with Crippen molar-refractivity contribution in [3.63, 3.8) is 0 Å². The van der Waals surface area contributed by atoms with Crippen LogP contribution in [-0.2, 0) is 25.7 Å². The van der Waals surface area contributed by atoms with Crippen LogP contribution in [0, 0.1) is 0 Å². The Morgan fingerprint density at radius 1 is 1.23 bits per heavy atom. The molecule has 184 valence electrons. The molecule has 0 bridgehead atoms. The van der Waals surface area contributed by atoms with E-state index in [9.17, 15) is 29.4 Å². The van der Waals surface area contributed by atoms with Gasteiger partial charge < -0.3 is 20.6 Å². The SMILES string of the molecule is O=C(O)CCn1nnnc1SCC1=C(C(=O)O)N2C(=O)C(NC(=O)[C@H](O)c3ccccc3)[C@H]2SC1. The summed E-state index contributed by atoms with van der Waals surface area (Å²) in [5.41, 5.74) is 0.685. The van der Waals surface area contributed by atoms with Crippen LogP contribution in [0.1, 0.15) is 18.1 Å². The van der Waals surface area contributed by atoms with Crippen LogP contribution in [0.2, 0.25) is 0 Å². The Labute approximate surface area is 206 Å². The van der Waals surface area contributed by atoms with Crippen molar-refractivity contribution in [2.45, 2.75) is 35.6 Å². The third-order valence-electron chi connectivity index (χ3n) is 5.32. The van der Waals surface area contributed by atoms with Crippen molar-refractivity contribution in [1.82, 2.24) is 30.4 Å². The van der Waals surface area contributed by atoms with Gasteiger partial charge >= 0.3 is 11.9 Å². The molecule has 2 aromatic rings. The number of tetrazole rings is 1. The quantitative estimate of drug-likeness (QED) is 0.237. The Balaban J connectivity index is 1.43. The molecule has 2 aliphatic heterocycles. The summed E-state index contributed by atoms with van der Waals surface area (Å²) in [7, 11) is 0. The number of carboxylic acids is 2. The Kier molecular flexibility index (Phi) is 7.37. The number of β-lactam (4-membered cyclic amide) rings is 1. The number of thioether (sulfide) groups is 2. The number of amides is 2. The molecule has 0 spiro atoms. The molecular formula is C20H20N6O7S2. The molecule has 1 saturated heterocycles. The maximum Gasteiger partial charge on any atom is 0.352 e. The molecule has 15 heteroatoms. The van der Waals surface area contributed by atoms with Crippen LogP contribution in [0.25, 0.3) is 0 Å². The van der Waals surface area contributed by atoms with Crippen LogP contribution >= 0.6 is 23.5 Å². The predicted molar refractivity (Wildman–Crippen MR) is 122 cm³/mol. The van der Waals surface area contributed by atoms with Crippen molar-refractivity contribution in [3.05, 3.63) is 47.2 Å². The highest BCUT2D eigenvalue weighted by Gasteiger charge is 2.54. The Bertz CT molecular complexity index is 1190. The van der Waals surface area contributed by atoms with Gasteiger partial charge in [-0.1, -0.05) is 42.1 Å².